The number of ether oxygens (including phenoxy) is 4. The molecule has 3 N–H and O–H groups in total. The smallest absolute Gasteiger partial charge is 0.342 e. The molecule has 0 saturated heterocycles. The van der Waals surface area contributed by atoms with Crippen LogP contribution in [-0.2, 0) is 20.8 Å². The van der Waals surface area contributed by atoms with E-state index in [9.17, 15) is 19.2 Å². The van der Waals surface area contributed by atoms with Crippen LogP contribution in [0.1, 0.15) is 24.2 Å². The Morgan fingerprint density at radius 3 is 2.44 bits per heavy atom. The fraction of sp³-hybridized carbons (Fsp3) is 0.455. The Hall–Kier alpha value is -3.80. The molecule has 0 fully saturated rings. The van der Waals surface area contributed by atoms with E-state index in [-0.39, 0.29) is 48.4 Å². The Kier molecular flexibility index (Phi) is 9.25. The summed E-state index contributed by atoms with van der Waals surface area (Å²) >= 11 is 0. The number of carbonyl (C=O) groups is 2. The number of aromatic amines is 1. The van der Waals surface area contributed by atoms with Crippen LogP contribution in [0.5, 0.6) is 11.5 Å². The van der Waals surface area contributed by atoms with Crippen LogP contribution in [0.3, 0.4) is 0 Å². The molecule has 1 aromatic carbocycles. The highest BCUT2D eigenvalue weighted by molar-refractivity contribution is 5.99. The molecule has 0 bridgehead atoms. The average Bonchev–Trinajstić information content (AvgIpc) is 2.81. The van der Waals surface area contributed by atoms with Crippen molar-refractivity contribution in [2.75, 3.05) is 51.7 Å². The number of rotatable bonds is 11. The number of aromatic nitrogens is 2. The summed E-state index contributed by atoms with van der Waals surface area (Å²) in [4.78, 5) is 53.7. The van der Waals surface area contributed by atoms with Gasteiger partial charge in [-0.15, -0.1) is 0 Å². The Morgan fingerprint density at radius 1 is 1.15 bits per heavy atom. The number of hydrogen-bond acceptors (Lipinski definition) is 9. The Labute approximate surface area is 196 Å². The van der Waals surface area contributed by atoms with Crippen LogP contribution in [-0.4, -0.2) is 62.5 Å². The predicted octanol–water partition coefficient (Wildman–Crippen LogP) is 0.628. The SMILES string of the molecule is COCCN(C(=O)COC(=O)c1cccc(OC)c1OC)c1c(N)n(CC(C)C)c(=O)[nH]c1=O. The van der Waals surface area contributed by atoms with Crippen molar-refractivity contribution in [2.24, 2.45) is 5.92 Å². The zero-order valence-electron chi connectivity index (χ0n) is 19.9. The van der Waals surface area contributed by atoms with Gasteiger partial charge in [-0.05, 0) is 18.1 Å². The third-order valence-electron chi connectivity index (χ3n) is 4.80. The van der Waals surface area contributed by atoms with E-state index < -0.39 is 29.7 Å². The van der Waals surface area contributed by atoms with Gasteiger partial charge in [0.15, 0.2) is 23.8 Å². The second-order valence-corrected chi connectivity index (χ2v) is 7.65. The summed E-state index contributed by atoms with van der Waals surface area (Å²) in [5.41, 5.74) is 4.44. The zero-order valence-corrected chi connectivity index (χ0v) is 19.9. The molecule has 186 valence electrons. The molecule has 0 radical (unpaired) electrons. The largest absolute Gasteiger partial charge is 0.493 e. The van der Waals surface area contributed by atoms with Gasteiger partial charge in [0.25, 0.3) is 11.5 Å². The van der Waals surface area contributed by atoms with Gasteiger partial charge in [0.05, 0.1) is 20.8 Å². The van der Waals surface area contributed by atoms with E-state index in [0.717, 1.165) is 4.90 Å². The average molecular weight is 479 g/mol. The maximum atomic E-state index is 13.0. The maximum absolute atomic E-state index is 13.0. The molecule has 0 spiro atoms. The third-order valence-corrected chi connectivity index (χ3v) is 4.80. The van der Waals surface area contributed by atoms with Gasteiger partial charge in [-0.2, -0.15) is 0 Å². The van der Waals surface area contributed by atoms with Crippen molar-refractivity contribution in [3.05, 3.63) is 44.6 Å². The summed E-state index contributed by atoms with van der Waals surface area (Å²) in [7, 11) is 4.21. The predicted molar refractivity (Wildman–Crippen MR) is 125 cm³/mol. The number of hydrogen-bond donors (Lipinski definition) is 2. The first kappa shape index (κ1) is 26.5. The second-order valence-electron chi connectivity index (χ2n) is 7.65. The van der Waals surface area contributed by atoms with Crippen LogP contribution in [0.15, 0.2) is 27.8 Å². The molecule has 1 amide bonds. The summed E-state index contributed by atoms with van der Waals surface area (Å²) < 4.78 is 21.8. The van der Waals surface area contributed by atoms with Crippen molar-refractivity contribution in [1.29, 1.82) is 0 Å². The number of amides is 1. The molecule has 0 aliphatic heterocycles. The fourth-order valence-electron chi connectivity index (χ4n) is 3.26. The lowest BCUT2D eigenvalue weighted by atomic mass is 10.2. The van der Waals surface area contributed by atoms with Crippen LogP contribution in [0.4, 0.5) is 11.5 Å². The normalized spacial score (nSPS) is 10.8. The Morgan fingerprint density at radius 2 is 1.85 bits per heavy atom. The van der Waals surface area contributed by atoms with Crippen molar-refractivity contribution in [2.45, 2.75) is 20.4 Å². The monoisotopic (exact) mass is 478 g/mol. The van der Waals surface area contributed by atoms with E-state index in [1.165, 1.54) is 32.0 Å². The van der Waals surface area contributed by atoms with E-state index >= 15 is 0 Å². The maximum Gasteiger partial charge on any atom is 0.342 e. The van der Waals surface area contributed by atoms with Crippen molar-refractivity contribution >= 4 is 23.4 Å². The molecule has 0 saturated carbocycles. The van der Waals surface area contributed by atoms with Gasteiger partial charge in [0, 0.05) is 20.2 Å². The number of nitrogens with one attached hydrogen (secondary N) is 1. The number of nitrogens with two attached hydrogens (primary N) is 1. The van der Waals surface area contributed by atoms with Crippen LogP contribution >= 0.6 is 0 Å². The van der Waals surface area contributed by atoms with Gasteiger partial charge in [-0.25, -0.2) is 9.59 Å². The molecule has 1 heterocycles. The molecule has 12 heteroatoms. The summed E-state index contributed by atoms with van der Waals surface area (Å²) in [5.74, 6) is -1.23. The number of carbonyl (C=O) groups excluding carboxylic acids is 2. The molecule has 0 aliphatic carbocycles. The minimum absolute atomic E-state index is 0.0423. The molecule has 0 atom stereocenters. The Balaban J connectivity index is 2.36. The quantitative estimate of drug-likeness (QED) is 0.442. The minimum Gasteiger partial charge on any atom is -0.493 e. The van der Waals surface area contributed by atoms with Crippen LogP contribution in [0.2, 0.25) is 0 Å². The second kappa shape index (κ2) is 11.9. The standard InChI is InChI=1S/C22H30N4O8/c1-13(2)11-26-19(23)17(20(28)24-22(26)30)25(9-10-31-3)16(27)12-34-21(29)14-7-6-8-15(32-4)18(14)33-5/h6-8,13H,9-12,23H2,1-5H3,(H,24,28,30). The number of anilines is 2. The van der Waals surface area contributed by atoms with Crippen LogP contribution in [0, 0.1) is 5.92 Å². The summed E-state index contributed by atoms with van der Waals surface area (Å²) in [6.07, 6.45) is 0. The molecule has 0 unspecified atom stereocenters. The number of methoxy groups -OCH3 is 3. The van der Waals surface area contributed by atoms with Gasteiger partial charge in [-0.1, -0.05) is 19.9 Å². The van der Waals surface area contributed by atoms with Gasteiger partial charge in [0.2, 0.25) is 0 Å². The molecule has 0 aliphatic rings. The molecule has 12 nitrogen and oxygen atoms in total. The molecule has 34 heavy (non-hydrogen) atoms. The first-order valence-electron chi connectivity index (χ1n) is 10.5. The zero-order chi connectivity index (χ0) is 25.4. The highest BCUT2D eigenvalue weighted by atomic mass is 16.5. The fourth-order valence-corrected chi connectivity index (χ4v) is 3.26. The number of para-hydroxylation sites is 1. The van der Waals surface area contributed by atoms with E-state index in [4.69, 9.17) is 24.7 Å². The van der Waals surface area contributed by atoms with Gasteiger partial charge in [0.1, 0.15) is 11.4 Å². The van der Waals surface area contributed by atoms with Crippen molar-refractivity contribution < 1.29 is 28.5 Å². The summed E-state index contributed by atoms with van der Waals surface area (Å²) in [6, 6.07) is 4.64. The number of esters is 1. The van der Waals surface area contributed by atoms with Crippen LogP contribution < -0.4 is 31.4 Å². The van der Waals surface area contributed by atoms with Gasteiger partial charge < -0.3 is 24.7 Å². The molecular formula is C22H30N4O8. The topological polar surface area (TPSA) is 155 Å². The lowest BCUT2D eigenvalue weighted by Crippen LogP contribution is -2.44. The molecule has 2 rings (SSSR count). The van der Waals surface area contributed by atoms with E-state index in [0.29, 0.717) is 5.75 Å². The summed E-state index contributed by atoms with van der Waals surface area (Å²) in [6.45, 7) is 3.26. The van der Waals surface area contributed by atoms with Crippen LogP contribution in [0.25, 0.3) is 0 Å². The van der Waals surface area contributed by atoms with Gasteiger partial charge in [-0.3, -0.25) is 24.0 Å². The van der Waals surface area contributed by atoms with Crippen molar-refractivity contribution in [3.63, 3.8) is 0 Å². The van der Waals surface area contributed by atoms with E-state index in [1.54, 1.807) is 12.1 Å². The van der Waals surface area contributed by atoms with E-state index in [2.05, 4.69) is 4.98 Å². The third kappa shape index (κ3) is 5.95. The van der Waals surface area contributed by atoms with E-state index in [1.807, 2.05) is 13.8 Å². The summed E-state index contributed by atoms with van der Waals surface area (Å²) in [5, 5.41) is 0. The van der Waals surface area contributed by atoms with Crippen molar-refractivity contribution in [3.8, 4) is 11.5 Å². The molecular weight excluding hydrogens is 448 g/mol. The lowest BCUT2D eigenvalue weighted by molar-refractivity contribution is -0.121. The number of nitrogen functional groups attached to an aromatic ring is 1. The first-order chi connectivity index (χ1) is 16.2. The number of nitrogens with zero attached hydrogens (tertiary/aromatic N) is 2. The highest BCUT2D eigenvalue weighted by Crippen LogP contribution is 2.31. The lowest BCUT2D eigenvalue weighted by Gasteiger charge is -2.24. The highest BCUT2D eigenvalue weighted by Gasteiger charge is 2.26. The Bertz CT molecular complexity index is 1140. The first-order valence-corrected chi connectivity index (χ1v) is 10.5. The molecule has 1 aromatic heterocycles. The minimum atomic E-state index is -0.840. The van der Waals surface area contributed by atoms with Gasteiger partial charge >= 0.3 is 11.7 Å². The number of H-pyrrole nitrogens is 1. The van der Waals surface area contributed by atoms with Crippen molar-refractivity contribution in [1.82, 2.24) is 9.55 Å². The number of benzene rings is 1. The molecule has 2 aromatic rings.